The number of carbonyl (C=O) groups is 3. The first-order valence-corrected chi connectivity index (χ1v) is 8.82. The van der Waals surface area contributed by atoms with Crippen LogP contribution in [0.1, 0.15) is 32.8 Å². The molecule has 1 aromatic rings. The number of carbonyl (C=O) groups excluding carboxylic acids is 2. The van der Waals surface area contributed by atoms with Crippen molar-refractivity contribution in [3.8, 4) is 0 Å². The van der Waals surface area contributed by atoms with Crippen molar-refractivity contribution in [1.82, 2.24) is 10.2 Å². The quantitative estimate of drug-likeness (QED) is 0.816. The van der Waals surface area contributed by atoms with Gasteiger partial charge in [-0.3, -0.25) is 4.90 Å². The van der Waals surface area contributed by atoms with E-state index in [1.807, 2.05) is 30.3 Å². The van der Waals surface area contributed by atoms with Gasteiger partial charge in [0.15, 0.2) is 0 Å². The summed E-state index contributed by atoms with van der Waals surface area (Å²) in [5.41, 5.74) is 0.160. The summed E-state index contributed by atoms with van der Waals surface area (Å²) in [6.45, 7) is 5.73. The Bertz CT molecular complexity index is 671. The van der Waals surface area contributed by atoms with Crippen molar-refractivity contribution < 1.29 is 29.0 Å². The van der Waals surface area contributed by atoms with Crippen molar-refractivity contribution in [2.75, 3.05) is 13.1 Å². The highest BCUT2D eigenvalue weighted by Crippen LogP contribution is 2.25. The van der Waals surface area contributed by atoms with Gasteiger partial charge in [0, 0.05) is 13.1 Å². The monoisotopic (exact) mass is 378 g/mol. The maximum absolute atomic E-state index is 12.2. The fraction of sp³-hybridized carbons (Fsp3) is 0.526. The molecule has 2 N–H and O–H groups in total. The number of alkyl carbamates (subject to hydrolysis) is 1. The minimum Gasteiger partial charge on any atom is -0.480 e. The lowest BCUT2D eigenvalue weighted by Gasteiger charge is -2.26. The SMILES string of the molecule is CC(C)(C)OC(=O)N1C[C@H](CNC(=O)OCc2ccccc2)C[C@H]1C(=O)O. The Morgan fingerprint density at radius 2 is 1.89 bits per heavy atom. The van der Waals surface area contributed by atoms with Crippen LogP contribution in [-0.4, -0.2) is 52.9 Å². The highest BCUT2D eigenvalue weighted by Gasteiger charge is 2.41. The molecule has 1 saturated heterocycles. The molecule has 0 saturated carbocycles. The van der Waals surface area contributed by atoms with Gasteiger partial charge in [0.2, 0.25) is 0 Å². The molecule has 2 atom stereocenters. The van der Waals surface area contributed by atoms with E-state index >= 15 is 0 Å². The lowest BCUT2D eigenvalue weighted by molar-refractivity contribution is -0.142. The topological polar surface area (TPSA) is 105 Å². The summed E-state index contributed by atoms with van der Waals surface area (Å²) in [6.07, 6.45) is -1.00. The molecule has 0 aliphatic carbocycles. The summed E-state index contributed by atoms with van der Waals surface area (Å²) in [6, 6.07) is 8.31. The van der Waals surface area contributed by atoms with E-state index in [-0.39, 0.29) is 32.0 Å². The molecule has 1 aromatic carbocycles. The summed E-state index contributed by atoms with van der Waals surface area (Å²) in [5, 5.41) is 12.0. The Morgan fingerprint density at radius 1 is 1.22 bits per heavy atom. The molecule has 0 unspecified atom stereocenters. The smallest absolute Gasteiger partial charge is 0.411 e. The third-order valence-electron chi connectivity index (χ3n) is 4.05. The van der Waals surface area contributed by atoms with Crippen molar-refractivity contribution in [2.24, 2.45) is 5.92 Å². The third kappa shape index (κ3) is 6.47. The maximum atomic E-state index is 12.2. The second-order valence-electron chi connectivity index (χ2n) is 7.53. The minimum absolute atomic E-state index is 0.152. The van der Waals surface area contributed by atoms with Crippen molar-refractivity contribution in [3.05, 3.63) is 35.9 Å². The number of aliphatic carboxylic acids is 1. The Kier molecular flexibility index (Phi) is 6.65. The zero-order valence-corrected chi connectivity index (χ0v) is 15.8. The number of amides is 2. The second-order valence-corrected chi connectivity index (χ2v) is 7.53. The highest BCUT2D eigenvalue weighted by atomic mass is 16.6. The number of ether oxygens (including phenoxy) is 2. The van der Waals surface area contributed by atoms with E-state index < -0.39 is 29.8 Å². The fourth-order valence-electron chi connectivity index (χ4n) is 2.83. The maximum Gasteiger partial charge on any atom is 0.411 e. The van der Waals surface area contributed by atoms with Crippen molar-refractivity contribution >= 4 is 18.2 Å². The van der Waals surface area contributed by atoms with Gasteiger partial charge < -0.3 is 19.9 Å². The number of hydrogen-bond acceptors (Lipinski definition) is 5. The number of nitrogens with one attached hydrogen (secondary N) is 1. The number of benzene rings is 1. The van der Waals surface area contributed by atoms with Gasteiger partial charge >= 0.3 is 18.2 Å². The Balaban J connectivity index is 1.83. The Labute approximate surface area is 158 Å². The van der Waals surface area contributed by atoms with Gasteiger partial charge in [0.25, 0.3) is 0 Å². The van der Waals surface area contributed by atoms with Crippen LogP contribution >= 0.6 is 0 Å². The standard InChI is InChI=1S/C19H26N2O6/c1-19(2,3)27-18(25)21-11-14(9-15(21)16(22)23)10-20-17(24)26-12-13-7-5-4-6-8-13/h4-8,14-15H,9-12H2,1-3H3,(H,20,24)(H,22,23)/t14-,15-/m0/s1. The van der Waals surface area contributed by atoms with E-state index in [1.54, 1.807) is 20.8 Å². The Hall–Kier alpha value is -2.77. The molecule has 0 aromatic heterocycles. The van der Waals surface area contributed by atoms with Crippen LogP contribution in [-0.2, 0) is 20.9 Å². The predicted molar refractivity (Wildman–Crippen MR) is 97.1 cm³/mol. The number of rotatable bonds is 5. The summed E-state index contributed by atoms with van der Waals surface area (Å²) in [7, 11) is 0. The van der Waals surface area contributed by atoms with Gasteiger partial charge in [0.1, 0.15) is 18.2 Å². The second kappa shape index (κ2) is 8.75. The van der Waals surface area contributed by atoms with Crippen molar-refractivity contribution in [3.63, 3.8) is 0 Å². The van der Waals surface area contributed by atoms with Gasteiger partial charge in [-0.05, 0) is 38.7 Å². The molecule has 1 aliphatic rings. The van der Waals surface area contributed by atoms with Crippen LogP contribution in [0.25, 0.3) is 0 Å². The molecular weight excluding hydrogens is 352 g/mol. The zero-order chi connectivity index (χ0) is 20.0. The molecule has 0 radical (unpaired) electrons. The first-order chi connectivity index (χ1) is 12.7. The van der Waals surface area contributed by atoms with E-state index in [4.69, 9.17) is 9.47 Å². The van der Waals surface area contributed by atoms with E-state index in [2.05, 4.69) is 5.32 Å². The van der Waals surface area contributed by atoms with Crippen LogP contribution in [0.3, 0.4) is 0 Å². The van der Waals surface area contributed by atoms with Crippen LogP contribution in [0.15, 0.2) is 30.3 Å². The van der Waals surface area contributed by atoms with Crippen molar-refractivity contribution in [2.45, 2.75) is 45.4 Å². The molecule has 8 nitrogen and oxygen atoms in total. The van der Waals surface area contributed by atoms with E-state index in [1.165, 1.54) is 4.90 Å². The first-order valence-electron chi connectivity index (χ1n) is 8.82. The van der Waals surface area contributed by atoms with Gasteiger partial charge in [-0.1, -0.05) is 30.3 Å². The zero-order valence-electron chi connectivity index (χ0n) is 15.8. The predicted octanol–water partition coefficient (Wildman–Crippen LogP) is 2.62. The van der Waals surface area contributed by atoms with Crippen LogP contribution in [0.4, 0.5) is 9.59 Å². The first kappa shape index (κ1) is 20.5. The van der Waals surface area contributed by atoms with Crippen LogP contribution in [0.5, 0.6) is 0 Å². The fourth-order valence-corrected chi connectivity index (χ4v) is 2.83. The van der Waals surface area contributed by atoms with Gasteiger partial charge in [-0.2, -0.15) is 0 Å². The normalized spacial score (nSPS) is 19.4. The number of likely N-dealkylation sites (tertiary alicyclic amines) is 1. The van der Waals surface area contributed by atoms with E-state index in [0.717, 1.165) is 5.56 Å². The average molecular weight is 378 g/mol. The molecule has 8 heteroatoms. The summed E-state index contributed by atoms with van der Waals surface area (Å²) in [5.74, 6) is -1.28. The molecular formula is C19H26N2O6. The van der Waals surface area contributed by atoms with Gasteiger partial charge in [-0.25, -0.2) is 14.4 Å². The van der Waals surface area contributed by atoms with Crippen LogP contribution < -0.4 is 5.32 Å². The van der Waals surface area contributed by atoms with Gasteiger partial charge in [0.05, 0.1) is 0 Å². The molecule has 0 spiro atoms. The van der Waals surface area contributed by atoms with E-state index in [9.17, 15) is 19.5 Å². The molecule has 0 bridgehead atoms. The lowest BCUT2D eigenvalue weighted by Crippen LogP contribution is -2.43. The largest absolute Gasteiger partial charge is 0.480 e. The van der Waals surface area contributed by atoms with Crippen LogP contribution in [0, 0.1) is 5.92 Å². The van der Waals surface area contributed by atoms with Crippen molar-refractivity contribution in [1.29, 1.82) is 0 Å². The number of nitrogens with zero attached hydrogens (tertiary/aromatic N) is 1. The molecule has 2 amide bonds. The summed E-state index contributed by atoms with van der Waals surface area (Å²) >= 11 is 0. The summed E-state index contributed by atoms with van der Waals surface area (Å²) in [4.78, 5) is 36.8. The molecule has 1 heterocycles. The number of hydrogen-bond donors (Lipinski definition) is 2. The molecule has 148 valence electrons. The van der Waals surface area contributed by atoms with Crippen LogP contribution in [0.2, 0.25) is 0 Å². The molecule has 2 rings (SSSR count). The summed E-state index contributed by atoms with van der Waals surface area (Å²) < 4.78 is 10.4. The Morgan fingerprint density at radius 3 is 2.48 bits per heavy atom. The lowest BCUT2D eigenvalue weighted by atomic mass is 10.1. The number of carboxylic acid groups (broad SMARTS) is 1. The molecule has 1 fully saturated rings. The minimum atomic E-state index is -1.09. The van der Waals surface area contributed by atoms with E-state index in [0.29, 0.717) is 0 Å². The third-order valence-corrected chi connectivity index (χ3v) is 4.05. The average Bonchev–Trinajstić information content (AvgIpc) is 3.02. The molecule has 1 aliphatic heterocycles. The molecule has 27 heavy (non-hydrogen) atoms. The van der Waals surface area contributed by atoms with Gasteiger partial charge in [-0.15, -0.1) is 0 Å². The highest BCUT2D eigenvalue weighted by molar-refractivity contribution is 5.81. The number of carboxylic acids is 1.